The molecule has 0 heterocycles. The SMILES string of the molecule is COc1ccccc1C(=O)CS(=O)c1ccc(F)c(Cl)c1. The average molecular weight is 327 g/mol. The highest BCUT2D eigenvalue weighted by molar-refractivity contribution is 7.85. The van der Waals surface area contributed by atoms with Gasteiger partial charge >= 0.3 is 0 Å². The lowest BCUT2D eigenvalue weighted by molar-refractivity contribution is 0.101. The van der Waals surface area contributed by atoms with E-state index in [4.69, 9.17) is 16.3 Å². The zero-order chi connectivity index (χ0) is 15.4. The Morgan fingerprint density at radius 1 is 1.29 bits per heavy atom. The Morgan fingerprint density at radius 2 is 2.00 bits per heavy atom. The van der Waals surface area contributed by atoms with Crippen LogP contribution in [-0.2, 0) is 10.8 Å². The van der Waals surface area contributed by atoms with Gasteiger partial charge in [0, 0.05) is 4.90 Å². The van der Waals surface area contributed by atoms with E-state index in [9.17, 15) is 13.4 Å². The quantitative estimate of drug-likeness (QED) is 0.790. The molecule has 0 spiro atoms. The third-order valence-corrected chi connectivity index (χ3v) is 4.42. The molecule has 0 radical (unpaired) electrons. The van der Waals surface area contributed by atoms with Gasteiger partial charge in [-0.15, -0.1) is 0 Å². The van der Waals surface area contributed by atoms with E-state index in [0.29, 0.717) is 16.2 Å². The van der Waals surface area contributed by atoms with Crippen molar-refractivity contribution < 1.29 is 18.1 Å². The van der Waals surface area contributed by atoms with Gasteiger partial charge in [-0.2, -0.15) is 0 Å². The summed E-state index contributed by atoms with van der Waals surface area (Å²) in [5.41, 5.74) is 0.363. The van der Waals surface area contributed by atoms with Crippen LogP contribution in [-0.4, -0.2) is 22.9 Å². The second kappa shape index (κ2) is 6.83. The molecular weight excluding hydrogens is 315 g/mol. The molecule has 2 aromatic carbocycles. The highest BCUT2D eigenvalue weighted by Gasteiger charge is 2.16. The minimum atomic E-state index is -1.60. The number of hydrogen-bond acceptors (Lipinski definition) is 3. The number of ketones is 1. The largest absolute Gasteiger partial charge is 0.496 e. The van der Waals surface area contributed by atoms with Gasteiger partial charge in [0.15, 0.2) is 5.78 Å². The zero-order valence-electron chi connectivity index (χ0n) is 11.1. The summed E-state index contributed by atoms with van der Waals surface area (Å²) in [5, 5.41) is -0.120. The maximum absolute atomic E-state index is 13.1. The molecule has 0 aliphatic rings. The molecule has 3 nitrogen and oxygen atoms in total. The second-order valence-electron chi connectivity index (χ2n) is 4.19. The van der Waals surface area contributed by atoms with Crippen LogP contribution in [0, 0.1) is 5.82 Å². The van der Waals surface area contributed by atoms with Crippen LogP contribution >= 0.6 is 11.6 Å². The van der Waals surface area contributed by atoms with E-state index in [1.54, 1.807) is 24.3 Å². The molecule has 21 heavy (non-hydrogen) atoms. The van der Waals surface area contributed by atoms with Gasteiger partial charge in [0.25, 0.3) is 0 Å². The summed E-state index contributed by atoms with van der Waals surface area (Å²) < 4.78 is 30.3. The number of methoxy groups -OCH3 is 1. The molecule has 0 N–H and O–H groups in total. The Bertz CT molecular complexity index is 703. The third-order valence-electron chi connectivity index (χ3n) is 2.82. The molecule has 6 heteroatoms. The standard InChI is InChI=1S/C15H12ClFO3S/c1-20-15-5-3-2-4-11(15)14(18)9-21(19)10-6-7-13(17)12(16)8-10/h2-8H,9H2,1H3. The maximum Gasteiger partial charge on any atom is 0.179 e. The Balaban J connectivity index is 2.19. The van der Waals surface area contributed by atoms with Gasteiger partial charge in [0.1, 0.15) is 11.6 Å². The topological polar surface area (TPSA) is 43.4 Å². The Morgan fingerprint density at radius 3 is 2.67 bits per heavy atom. The molecule has 2 rings (SSSR count). The molecular formula is C15H12ClFO3S. The monoisotopic (exact) mass is 326 g/mol. The molecule has 0 fully saturated rings. The van der Waals surface area contributed by atoms with E-state index in [1.807, 2.05) is 0 Å². The first-order valence-corrected chi connectivity index (χ1v) is 7.72. The van der Waals surface area contributed by atoms with Crippen molar-refractivity contribution in [2.24, 2.45) is 0 Å². The summed E-state index contributed by atoms with van der Waals surface area (Å²) in [6, 6.07) is 10.5. The van der Waals surface area contributed by atoms with Crippen LogP contribution in [0.3, 0.4) is 0 Å². The minimum absolute atomic E-state index is 0.120. The van der Waals surface area contributed by atoms with Gasteiger partial charge in [-0.05, 0) is 30.3 Å². The number of carbonyl (C=O) groups is 1. The van der Waals surface area contributed by atoms with Crippen molar-refractivity contribution in [2.45, 2.75) is 4.90 Å². The van der Waals surface area contributed by atoms with Gasteiger partial charge in [0.2, 0.25) is 0 Å². The smallest absolute Gasteiger partial charge is 0.179 e. The van der Waals surface area contributed by atoms with Crippen LogP contribution < -0.4 is 4.74 Å². The number of benzene rings is 2. The molecule has 0 aliphatic heterocycles. The van der Waals surface area contributed by atoms with Gasteiger partial charge in [-0.25, -0.2) is 4.39 Å². The van der Waals surface area contributed by atoms with Crippen LogP contribution in [0.4, 0.5) is 4.39 Å². The molecule has 0 saturated heterocycles. The van der Waals surface area contributed by atoms with Gasteiger partial charge in [0.05, 0.1) is 34.2 Å². The lowest BCUT2D eigenvalue weighted by Crippen LogP contribution is -2.12. The van der Waals surface area contributed by atoms with Crippen LogP contribution in [0.1, 0.15) is 10.4 Å². The predicted molar refractivity (Wildman–Crippen MR) is 80.0 cm³/mol. The van der Waals surface area contributed by atoms with E-state index in [0.717, 1.165) is 6.07 Å². The minimum Gasteiger partial charge on any atom is -0.496 e. The highest BCUT2D eigenvalue weighted by atomic mass is 35.5. The van der Waals surface area contributed by atoms with Crippen LogP contribution in [0.2, 0.25) is 5.02 Å². The first-order chi connectivity index (χ1) is 10.0. The van der Waals surface area contributed by atoms with E-state index in [2.05, 4.69) is 0 Å². The molecule has 0 saturated carbocycles. The van der Waals surface area contributed by atoms with Crippen LogP contribution in [0.25, 0.3) is 0 Å². The number of halogens is 2. The van der Waals surface area contributed by atoms with Gasteiger partial charge < -0.3 is 4.74 Å². The number of rotatable bonds is 5. The molecule has 110 valence electrons. The van der Waals surface area contributed by atoms with E-state index < -0.39 is 16.6 Å². The molecule has 1 atom stereocenters. The first kappa shape index (κ1) is 15.7. The Hall–Kier alpha value is -1.72. The van der Waals surface area contributed by atoms with E-state index in [1.165, 1.54) is 19.2 Å². The first-order valence-electron chi connectivity index (χ1n) is 6.02. The van der Waals surface area contributed by atoms with Crippen molar-refractivity contribution in [1.29, 1.82) is 0 Å². The number of carbonyl (C=O) groups excluding carboxylic acids is 1. The van der Waals surface area contributed by atoms with Gasteiger partial charge in [-0.1, -0.05) is 23.7 Å². The maximum atomic E-state index is 13.1. The zero-order valence-corrected chi connectivity index (χ0v) is 12.7. The van der Waals surface area contributed by atoms with E-state index >= 15 is 0 Å². The second-order valence-corrected chi connectivity index (χ2v) is 6.05. The Kier molecular flexibility index (Phi) is 5.09. The summed E-state index contributed by atoms with van der Waals surface area (Å²) in [6.07, 6.45) is 0. The summed E-state index contributed by atoms with van der Waals surface area (Å²) >= 11 is 5.64. The average Bonchev–Trinajstić information content (AvgIpc) is 2.49. The summed E-state index contributed by atoms with van der Waals surface area (Å²) in [4.78, 5) is 12.5. The lowest BCUT2D eigenvalue weighted by atomic mass is 10.1. The molecule has 2 aromatic rings. The number of hydrogen-bond donors (Lipinski definition) is 0. The third kappa shape index (κ3) is 3.68. The number of Topliss-reactive ketones (excluding diaryl/α,β-unsaturated/α-hetero) is 1. The van der Waals surface area contributed by atoms with Gasteiger partial charge in [-0.3, -0.25) is 9.00 Å². The summed E-state index contributed by atoms with van der Waals surface area (Å²) in [5.74, 6) is -0.696. The number of ether oxygens (including phenoxy) is 1. The van der Waals surface area contributed by atoms with Crippen molar-refractivity contribution in [3.05, 3.63) is 58.9 Å². The normalized spacial score (nSPS) is 12.0. The summed E-state index contributed by atoms with van der Waals surface area (Å²) in [7, 11) is -0.138. The van der Waals surface area contributed by atoms with Crippen molar-refractivity contribution in [2.75, 3.05) is 12.9 Å². The molecule has 0 amide bonds. The lowest BCUT2D eigenvalue weighted by Gasteiger charge is -2.07. The fraction of sp³-hybridized carbons (Fsp3) is 0.133. The highest BCUT2D eigenvalue weighted by Crippen LogP contribution is 2.21. The molecule has 0 aromatic heterocycles. The molecule has 1 unspecified atom stereocenters. The van der Waals surface area contributed by atoms with E-state index in [-0.39, 0.29) is 16.6 Å². The molecule has 0 aliphatic carbocycles. The van der Waals surface area contributed by atoms with Crippen molar-refractivity contribution >= 4 is 28.2 Å². The van der Waals surface area contributed by atoms with Crippen LogP contribution in [0.15, 0.2) is 47.4 Å². The number of para-hydroxylation sites is 1. The summed E-state index contributed by atoms with van der Waals surface area (Å²) in [6.45, 7) is 0. The predicted octanol–water partition coefficient (Wildman–Crippen LogP) is 3.48. The van der Waals surface area contributed by atoms with Crippen molar-refractivity contribution in [3.63, 3.8) is 0 Å². The van der Waals surface area contributed by atoms with Crippen LogP contribution in [0.5, 0.6) is 5.75 Å². The molecule has 0 bridgehead atoms. The Labute approximate surface area is 129 Å². The fourth-order valence-corrected chi connectivity index (χ4v) is 3.05. The van der Waals surface area contributed by atoms with Crippen molar-refractivity contribution in [1.82, 2.24) is 0 Å². The van der Waals surface area contributed by atoms with Crippen molar-refractivity contribution in [3.8, 4) is 5.75 Å². The fourth-order valence-electron chi connectivity index (χ4n) is 1.77.